The normalized spacial score (nSPS) is 19.2. The Hall–Kier alpha value is -2.67. The molecule has 0 fully saturated rings. The number of nitrogens with zero attached hydrogens (tertiary/aromatic N) is 1. The van der Waals surface area contributed by atoms with Crippen LogP contribution in [0, 0.1) is 5.92 Å². The van der Waals surface area contributed by atoms with Gasteiger partial charge in [0.15, 0.2) is 6.21 Å². The smallest absolute Gasteiger partial charge is 0.268 e. The second kappa shape index (κ2) is 11.2. The van der Waals surface area contributed by atoms with Gasteiger partial charge in [-0.2, -0.15) is 0 Å². The molecule has 3 rings (SSSR count). The summed E-state index contributed by atoms with van der Waals surface area (Å²) in [5.74, 6) is -0.905. The Balaban J connectivity index is 2.00. The van der Waals surface area contributed by atoms with E-state index in [0.717, 1.165) is 0 Å². The summed E-state index contributed by atoms with van der Waals surface area (Å²) < 4.78 is 35.5. The number of halogens is 2. The van der Waals surface area contributed by atoms with Crippen molar-refractivity contribution < 1.29 is 27.9 Å². The highest BCUT2D eigenvalue weighted by Crippen LogP contribution is 2.53. The molecular weight excluding hydrogens is 480 g/mol. The van der Waals surface area contributed by atoms with Gasteiger partial charge in [-0.25, -0.2) is 4.39 Å². The van der Waals surface area contributed by atoms with Gasteiger partial charge in [-0.3, -0.25) is 14.2 Å². The first-order valence-corrected chi connectivity index (χ1v) is 12.9. The van der Waals surface area contributed by atoms with Crippen molar-refractivity contribution in [3.8, 4) is 0 Å². The van der Waals surface area contributed by atoms with E-state index in [0.29, 0.717) is 28.9 Å². The molecule has 0 saturated heterocycles. The molecule has 182 valence electrons. The summed E-state index contributed by atoms with van der Waals surface area (Å²) in [7, 11) is -0.873. The van der Waals surface area contributed by atoms with E-state index >= 15 is 0 Å². The number of hydrogen-bond donors (Lipinski definition) is 2. The fourth-order valence-electron chi connectivity index (χ4n) is 3.83. The molecule has 2 heterocycles. The lowest BCUT2D eigenvalue weighted by molar-refractivity contribution is -0.730. The number of fused-ring (bicyclic) bond motifs is 1. The third-order valence-corrected chi connectivity index (χ3v) is 8.72. The predicted octanol–water partition coefficient (Wildman–Crippen LogP) is 5.10. The molecule has 1 amide bonds. The first kappa shape index (κ1) is 25.9. The Bertz CT molecular complexity index is 1230. The molecule has 3 atom stereocenters. The van der Waals surface area contributed by atoms with Crippen LogP contribution in [0.3, 0.4) is 0 Å². The molecule has 1 aliphatic heterocycles. The number of rotatable bonds is 9. The molecule has 0 aliphatic carbocycles. The van der Waals surface area contributed by atoms with Crippen molar-refractivity contribution in [3.63, 3.8) is 0 Å². The van der Waals surface area contributed by atoms with Gasteiger partial charge >= 0.3 is 0 Å². The number of aromatic nitrogens is 1. The van der Waals surface area contributed by atoms with Gasteiger partial charge in [-0.15, -0.1) is 0 Å². The van der Waals surface area contributed by atoms with Gasteiger partial charge in [0.25, 0.3) is 5.91 Å². The van der Waals surface area contributed by atoms with Crippen LogP contribution in [0.5, 0.6) is 0 Å². The summed E-state index contributed by atoms with van der Waals surface area (Å²) >= 11 is 6.21. The van der Waals surface area contributed by atoms with Gasteiger partial charge in [0.1, 0.15) is 18.6 Å². The maximum Gasteiger partial charge on any atom is 0.268 e. The molecule has 0 bridgehead atoms. The number of hydroxylamine groups is 1. The van der Waals surface area contributed by atoms with Crippen molar-refractivity contribution in [1.82, 2.24) is 10.3 Å². The van der Waals surface area contributed by atoms with E-state index in [-0.39, 0.29) is 16.9 Å². The SMILES string of the molecule is C/C=C\C(F)=C/C(C)P(=O)(OC)c1c(C(=O)NCC2C=C[N+](OC)=CC2)[nH]c2ccc(Cl)cc12. The minimum atomic E-state index is -3.74. The third kappa shape index (κ3) is 5.52. The summed E-state index contributed by atoms with van der Waals surface area (Å²) in [4.78, 5) is 21.4. The second-order valence-corrected chi connectivity index (χ2v) is 11.1. The van der Waals surface area contributed by atoms with Gasteiger partial charge in [0.05, 0.1) is 11.0 Å². The lowest BCUT2D eigenvalue weighted by Crippen LogP contribution is -2.33. The molecule has 3 unspecified atom stereocenters. The van der Waals surface area contributed by atoms with E-state index in [2.05, 4.69) is 10.3 Å². The largest absolute Gasteiger partial charge is 0.350 e. The lowest BCUT2D eigenvalue weighted by Gasteiger charge is -2.22. The van der Waals surface area contributed by atoms with Crippen molar-refractivity contribution in [1.29, 1.82) is 0 Å². The van der Waals surface area contributed by atoms with Crippen LogP contribution in [0.25, 0.3) is 10.9 Å². The predicted molar refractivity (Wildman–Crippen MR) is 134 cm³/mol. The summed E-state index contributed by atoms with van der Waals surface area (Å²) in [6.45, 7) is 3.65. The minimum Gasteiger partial charge on any atom is -0.350 e. The highest BCUT2D eigenvalue weighted by Gasteiger charge is 2.38. The Morgan fingerprint density at radius 2 is 2.21 bits per heavy atom. The summed E-state index contributed by atoms with van der Waals surface area (Å²) in [6, 6.07) is 5.00. The molecule has 2 N–H and O–H groups in total. The molecule has 34 heavy (non-hydrogen) atoms. The molecular formula is C24H29ClFN3O4P+. The van der Waals surface area contributed by atoms with Crippen LogP contribution in [0.1, 0.15) is 30.8 Å². The number of hydrogen-bond acceptors (Lipinski definition) is 4. The van der Waals surface area contributed by atoms with Crippen molar-refractivity contribution in [2.24, 2.45) is 5.92 Å². The standard InChI is InChI=1S/C24H28ClFN3O4P/c1-5-6-19(26)13-16(2)34(31,33-4)23-20-14-18(25)7-8-21(20)28-22(23)24(30)27-15-17-9-11-29(32-3)12-10-17/h5-9,11-14,16-17H,10,15H2,1-4H3,(H-,27,28,30,31)/p+1/b6-5-,19-13+. The number of benzene rings is 1. The van der Waals surface area contributed by atoms with E-state index in [1.54, 1.807) is 56.2 Å². The van der Waals surface area contributed by atoms with Gasteiger partial charge in [-0.05, 0) is 55.0 Å². The number of nitrogens with one attached hydrogen (secondary N) is 2. The van der Waals surface area contributed by atoms with Gasteiger partial charge < -0.3 is 14.8 Å². The van der Waals surface area contributed by atoms with Gasteiger partial charge in [-0.1, -0.05) is 17.7 Å². The van der Waals surface area contributed by atoms with Crippen molar-refractivity contribution in [2.45, 2.75) is 25.9 Å². The highest BCUT2D eigenvalue weighted by molar-refractivity contribution is 7.68. The van der Waals surface area contributed by atoms with E-state index in [1.165, 1.54) is 19.3 Å². The highest BCUT2D eigenvalue weighted by atomic mass is 35.5. The summed E-state index contributed by atoms with van der Waals surface area (Å²) in [5, 5.41) is 4.01. The Morgan fingerprint density at radius 1 is 1.44 bits per heavy atom. The summed E-state index contributed by atoms with van der Waals surface area (Å²) in [6.07, 6.45) is 10.3. The fourth-order valence-corrected chi connectivity index (χ4v) is 6.25. The van der Waals surface area contributed by atoms with E-state index in [4.69, 9.17) is 21.0 Å². The van der Waals surface area contributed by atoms with E-state index < -0.39 is 24.8 Å². The van der Waals surface area contributed by atoms with Crippen molar-refractivity contribution >= 4 is 47.3 Å². The average molecular weight is 509 g/mol. The van der Waals surface area contributed by atoms with Gasteiger partial charge in [0.2, 0.25) is 13.6 Å². The Kier molecular flexibility index (Phi) is 8.52. The monoisotopic (exact) mass is 508 g/mol. The maximum atomic E-state index is 14.2. The van der Waals surface area contributed by atoms with E-state index in [1.807, 2.05) is 12.3 Å². The van der Waals surface area contributed by atoms with Crippen LogP contribution in [0.15, 0.2) is 54.5 Å². The molecule has 10 heteroatoms. The van der Waals surface area contributed by atoms with Crippen LogP contribution >= 0.6 is 19.0 Å². The Morgan fingerprint density at radius 3 is 2.82 bits per heavy atom. The molecule has 0 spiro atoms. The zero-order valence-corrected chi connectivity index (χ0v) is 21.2. The summed E-state index contributed by atoms with van der Waals surface area (Å²) in [5.41, 5.74) is -0.154. The van der Waals surface area contributed by atoms with Crippen LogP contribution < -0.4 is 10.6 Å². The Labute approximate surface area is 203 Å². The molecule has 1 aromatic heterocycles. The molecule has 2 aromatic rings. The quantitative estimate of drug-likeness (QED) is 0.280. The number of aromatic amines is 1. The fraction of sp³-hybridized carbons (Fsp3) is 0.333. The lowest BCUT2D eigenvalue weighted by atomic mass is 10.1. The van der Waals surface area contributed by atoms with E-state index in [9.17, 15) is 13.8 Å². The van der Waals surface area contributed by atoms with Crippen LogP contribution in [0.4, 0.5) is 4.39 Å². The zero-order valence-electron chi connectivity index (χ0n) is 19.5. The topological polar surface area (TPSA) is 83.4 Å². The zero-order chi connectivity index (χ0) is 24.9. The molecule has 0 radical (unpaired) electrons. The number of carbonyl (C=O) groups is 1. The minimum absolute atomic E-state index is 0.0728. The van der Waals surface area contributed by atoms with Crippen molar-refractivity contribution in [2.75, 3.05) is 20.8 Å². The van der Waals surface area contributed by atoms with Crippen molar-refractivity contribution in [3.05, 3.63) is 65.2 Å². The molecule has 0 saturated carbocycles. The molecule has 1 aliphatic rings. The number of H-pyrrole nitrogens is 1. The average Bonchev–Trinajstić information content (AvgIpc) is 3.21. The second-order valence-electron chi connectivity index (χ2n) is 7.88. The molecule has 1 aromatic carbocycles. The van der Waals surface area contributed by atoms with Crippen LogP contribution in [-0.4, -0.2) is 48.3 Å². The first-order chi connectivity index (χ1) is 16.2. The number of amides is 1. The van der Waals surface area contributed by atoms with Crippen LogP contribution in [0.2, 0.25) is 5.02 Å². The number of allylic oxidation sites excluding steroid dienone is 4. The first-order valence-electron chi connectivity index (χ1n) is 10.8. The molecule has 7 nitrogen and oxygen atoms in total. The van der Waals surface area contributed by atoms with Crippen LogP contribution in [-0.2, 0) is 13.9 Å². The third-order valence-electron chi connectivity index (χ3n) is 5.63. The van der Waals surface area contributed by atoms with Gasteiger partial charge in [0, 0.05) is 41.9 Å². The maximum absolute atomic E-state index is 14.2. The number of carbonyl (C=O) groups excluding carboxylic acids is 1.